The number of aryl methyl sites for hydroxylation is 5. The molecule has 1 aliphatic carbocycles. The van der Waals surface area contributed by atoms with Gasteiger partial charge in [0.1, 0.15) is 11.9 Å². The summed E-state index contributed by atoms with van der Waals surface area (Å²) in [6.45, 7) is 7.45. The van der Waals surface area contributed by atoms with Crippen molar-refractivity contribution in [1.82, 2.24) is 19.4 Å². The number of pyridine rings is 1. The molecular formula is C37H40F4N4O4. The average Bonchev–Trinajstić information content (AvgIpc) is 3.70. The van der Waals surface area contributed by atoms with Crippen LogP contribution in [0.15, 0.2) is 60.0 Å². The predicted molar refractivity (Wildman–Crippen MR) is 177 cm³/mol. The van der Waals surface area contributed by atoms with Crippen molar-refractivity contribution in [2.45, 2.75) is 91.0 Å². The third-order valence-corrected chi connectivity index (χ3v) is 9.10. The van der Waals surface area contributed by atoms with Crippen molar-refractivity contribution in [2.24, 2.45) is 5.92 Å². The van der Waals surface area contributed by atoms with E-state index in [2.05, 4.69) is 10.3 Å². The summed E-state index contributed by atoms with van der Waals surface area (Å²) in [5, 5.41) is 12.8. The highest BCUT2D eigenvalue weighted by Gasteiger charge is 2.36. The fourth-order valence-electron chi connectivity index (χ4n) is 6.95. The number of benzene rings is 2. The number of imidazole rings is 1. The van der Waals surface area contributed by atoms with Crippen molar-refractivity contribution in [3.05, 3.63) is 110 Å². The van der Waals surface area contributed by atoms with Gasteiger partial charge < -0.3 is 19.6 Å². The molecule has 0 fully saturated rings. The maximum Gasteiger partial charge on any atom is 0.416 e. The summed E-state index contributed by atoms with van der Waals surface area (Å²) in [6, 6.07) is 4.94. The van der Waals surface area contributed by atoms with E-state index in [0.717, 1.165) is 63.4 Å². The van der Waals surface area contributed by atoms with E-state index in [1.165, 1.54) is 24.7 Å². The molecule has 0 radical (unpaired) electrons. The molecule has 1 aliphatic rings. The van der Waals surface area contributed by atoms with Crippen LogP contribution in [-0.4, -0.2) is 31.1 Å². The van der Waals surface area contributed by atoms with Crippen LogP contribution in [0.25, 0.3) is 11.1 Å². The first-order valence-corrected chi connectivity index (χ1v) is 16.3. The first-order chi connectivity index (χ1) is 23.1. The Hall–Kier alpha value is -4.74. The minimum absolute atomic E-state index is 0.0801. The zero-order valence-electron chi connectivity index (χ0n) is 27.9. The largest absolute Gasteiger partial charge is 0.481 e. The lowest BCUT2D eigenvalue weighted by atomic mass is 9.87. The van der Waals surface area contributed by atoms with Gasteiger partial charge in [0.25, 0.3) is 5.56 Å². The van der Waals surface area contributed by atoms with Gasteiger partial charge in [-0.3, -0.25) is 14.4 Å². The van der Waals surface area contributed by atoms with Gasteiger partial charge in [-0.1, -0.05) is 19.9 Å². The maximum absolute atomic E-state index is 14.2. The Kier molecular flexibility index (Phi) is 10.4. The molecule has 5 rings (SSSR count). The van der Waals surface area contributed by atoms with Crippen molar-refractivity contribution in [3.63, 3.8) is 0 Å². The van der Waals surface area contributed by atoms with Crippen molar-refractivity contribution >= 4 is 11.9 Å². The van der Waals surface area contributed by atoms with Gasteiger partial charge in [-0.05, 0) is 115 Å². The van der Waals surface area contributed by atoms with E-state index in [9.17, 15) is 37.1 Å². The Morgan fingerprint density at radius 1 is 1.06 bits per heavy atom. The second kappa shape index (κ2) is 14.4. The van der Waals surface area contributed by atoms with Crippen molar-refractivity contribution in [3.8, 4) is 11.1 Å². The fraction of sp³-hybridized carbons (Fsp3) is 0.405. The molecule has 49 heavy (non-hydrogen) atoms. The maximum atomic E-state index is 14.2. The van der Waals surface area contributed by atoms with Crippen LogP contribution >= 0.6 is 0 Å². The molecule has 8 nitrogen and oxygen atoms in total. The average molecular weight is 681 g/mol. The number of hydrogen-bond donors (Lipinski definition) is 2. The molecule has 0 unspecified atom stereocenters. The second-order valence-corrected chi connectivity index (χ2v) is 13.3. The highest BCUT2D eigenvalue weighted by atomic mass is 19.4. The van der Waals surface area contributed by atoms with E-state index in [1.54, 1.807) is 10.8 Å². The number of hydrogen-bond acceptors (Lipinski definition) is 4. The molecule has 0 bridgehead atoms. The lowest BCUT2D eigenvalue weighted by Crippen LogP contribution is -2.40. The van der Waals surface area contributed by atoms with Crippen LogP contribution in [0.1, 0.15) is 84.1 Å². The lowest BCUT2D eigenvalue weighted by Gasteiger charge is -2.27. The van der Waals surface area contributed by atoms with Crippen LogP contribution in [0.2, 0.25) is 0 Å². The molecule has 4 aromatic rings. The SMILES string of the molecule is Cc1cc(F)cc(C)c1-c1cc([C@H](CC(=O)O)NC(=O)[C@H](CC(C)C)n2cc(CCn3ccnc3)c(C(F)(F)F)cc2=O)cc2c1CCC2. The summed E-state index contributed by atoms with van der Waals surface area (Å²) in [4.78, 5) is 43.5. The van der Waals surface area contributed by atoms with Gasteiger partial charge in [-0.15, -0.1) is 0 Å². The Labute approximate surface area is 281 Å². The molecule has 0 saturated carbocycles. The molecule has 2 atom stereocenters. The van der Waals surface area contributed by atoms with Gasteiger partial charge in [0.2, 0.25) is 5.91 Å². The number of aliphatic carboxylic acids is 1. The molecule has 2 N–H and O–H groups in total. The summed E-state index contributed by atoms with van der Waals surface area (Å²) in [7, 11) is 0. The van der Waals surface area contributed by atoms with Gasteiger partial charge in [0, 0.05) is 31.2 Å². The van der Waals surface area contributed by atoms with Crippen molar-refractivity contribution in [2.75, 3.05) is 0 Å². The Morgan fingerprint density at radius 3 is 2.39 bits per heavy atom. The van der Waals surface area contributed by atoms with E-state index in [4.69, 9.17) is 0 Å². The molecule has 2 heterocycles. The van der Waals surface area contributed by atoms with Crippen molar-refractivity contribution in [1.29, 1.82) is 0 Å². The van der Waals surface area contributed by atoms with Crippen LogP contribution in [-0.2, 0) is 41.6 Å². The van der Waals surface area contributed by atoms with E-state index in [0.29, 0.717) is 11.6 Å². The second-order valence-electron chi connectivity index (χ2n) is 13.3. The lowest BCUT2D eigenvalue weighted by molar-refractivity contribution is -0.139. The monoisotopic (exact) mass is 680 g/mol. The van der Waals surface area contributed by atoms with Crippen LogP contribution in [0.4, 0.5) is 17.6 Å². The molecule has 0 spiro atoms. The first-order valence-electron chi connectivity index (χ1n) is 16.3. The molecule has 0 saturated heterocycles. The van der Waals surface area contributed by atoms with Crippen LogP contribution in [0, 0.1) is 25.6 Å². The summed E-state index contributed by atoms with van der Waals surface area (Å²) >= 11 is 0. The summed E-state index contributed by atoms with van der Waals surface area (Å²) < 4.78 is 59.1. The molecule has 12 heteroatoms. The van der Waals surface area contributed by atoms with Gasteiger partial charge in [0.05, 0.1) is 24.4 Å². The van der Waals surface area contributed by atoms with Crippen LogP contribution in [0.3, 0.4) is 0 Å². The summed E-state index contributed by atoms with van der Waals surface area (Å²) in [5.74, 6) is -2.36. The third kappa shape index (κ3) is 8.12. The summed E-state index contributed by atoms with van der Waals surface area (Å²) in [5.41, 5.74) is 3.59. The van der Waals surface area contributed by atoms with Gasteiger partial charge in [-0.2, -0.15) is 13.2 Å². The minimum Gasteiger partial charge on any atom is -0.481 e. The number of carbonyl (C=O) groups is 2. The van der Waals surface area contributed by atoms with Crippen LogP contribution in [0.5, 0.6) is 0 Å². The Balaban J connectivity index is 1.56. The number of alkyl halides is 3. The van der Waals surface area contributed by atoms with Crippen LogP contribution < -0.4 is 10.9 Å². The molecule has 1 amide bonds. The van der Waals surface area contributed by atoms with Gasteiger partial charge >= 0.3 is 12.1 Å². The number of carboxylic acids is 1. The number of carbonyl (C=O) groups excluding carboxylic acids is 1. The zero-order chi connectivity index (χ0) is 35.6. The number of nitrogens with zero attached hydrogens (tertiary/aromatic N) is 3. The summed E-state index contributed by atoms with van der Waals surface area (Å²) in [6.07, 6.45) is 2.91. The van der Waals surface area contributed by atoms with Gasteiger partial charge in [0.15, 0.2) is 0 Å². The molecule has 2 aromatic heterocycles. The fourth-order valence-corrected chi connectivity index (χ4v) is 6.95. The first kappa shape index (κ1) is 35.6. The number of fused-ring (bicyclic) bond motifs is 1. The molecular weight excluding hydrogens is 640 g/mol. The number of carboxylic acid groups (broad SMARTS) is 1. The number of nitrogens with one attached hydrogen (secondary N) is 1. The topological polar surface area (TPSA) is 106 Å². The number of rotatable bonds is 12. The van der Waals surface area contributed by atoms with Crippen molar-refractivity contribution < 1.29 is 32.3 Å². The highest BCUT2D eigenvalue weighted by Crippen LogP contribution is 2.39. The molecule has 2 aromatic carbocycles. The van der Waals surface area contributed by atoms with E-state index < -0.39 is 47.7 Å². The smallest absolute Gasteiger partial charge is 0.416 e. The molecule has 0 aliphatic heterocycles. The van der Waals surface area contributed by atoms with E-state index in [1.807, 2.05) is 39.8 Å². The highest BCUT2D eigenvalue weighted by molar-refractivity contribution is 5.82. The minimum atomic E-state index is -4.79. The Bertz CT molecular complexity index is 1890. The van der Waals surface area contributed by atoms with Gasteiger partial charge in [-0.25, -0.2) is 9.37 Å². The Morgan fingerprint density at radius 2 is 1.78 bits per heavy atom. The quantitative estimate of drug-likeness (QED) is 0.155. The molecule has 260 valence electrons. The number of aromatic nitrogens is 3. The normalized spacial score (nSPS) is 14.1. The zero-order valence-corrected chi connectivity index (χ0v) is 27.9. The van der Waals surface area contributed by atoms with E-state index >= 15 is 0 Å². The number of amides is 1. The standard InChI is InChI=1S/C37H40F4N4O4/c1-21(2)12-32(45-19-25(8-10-44-11-9-42-20-44)30(17-33(45)46)37(39,40)41)36(49)43-31(18-34(47)48)26-15-24-6-5-7-28(24)29(16-26)35-22(3)13-27(38)14-23(35)4/h9,11,13-17,19-21,31-32H,5-8,10,12,18H2,1-4H3,(H,43,49)(H,47,48)/t31-,32-/m0/s1. The third-order valence-electron chi connectivity index (χ3n) is 9.10. The predicted octanol–water partition coefficient (Wildman–Crippen LogP) is 7.14. The van der Waals surface area contributed by atoms with E-state index in [-0.39, 0.29) is 36.7 Å². The number of halogens is 4.